The van der Waals surface area contributed by atoms with E-state index < -0.39 is 0 Å². The Morgan fingerprint density at radius 1 is 1.24 bits per heavy atom. The van der Waals surface area contributed by atoms with Crippen molar-refractivity contribution in [2.45, 2.75) is 54.0 Å². The average Bonchev–Trinajstić information content (AvgIpc) is 2.75. The predicted octanol–water partition coefficient (Wildman–Crippen LogP) is 2.60. The number of allylic oxidation sites excluding steroid dienone is 2. The van der Waals surface area contributed by atoms with E-state index in [0.717, 1.165) is 0 Å². The lowest BCUT2D eigenvalue weighted by Gasteiger charge is -2.23. The highest BCUT2D eigenvalue weighted by Crippen LogP contribution is 2.59. The van der Waals surface area contributed by atoms with Gasteiger partial charge in [0.05, 0.1) is 12.5 Å². The zero-order valence-electron chi connectivity index (χ0n) is 14.7. The summed E-state index contributed by atoms with van der Waals surface area (Å²) in [6.45, 7) is 14.2. The fraction of sp³-hybridized carbons (Fsp3) is 0.765. The molecule has 0 unspecified atom stereocenters. The molecule has 0 saturated heterocycles. The minimum absolute atomic E-state index is 0.0108. The topological polar surface area (TPSA) is 49.4 Å². The molecule has 120 valence electrons. The number of carbonyl (C=O) groups excluding carboxylic acids is 2. The van der Waals surface area contributed by atoms with Crippen LogP contribution in [0.25, 0.3) is 0 Å². The first-order valence-corrected chi connectivity index (χ1v) is 7.57. The smallest absolute Gasteiger partial charge is 0.240 e. The van der Waals surface area contributed by atoms with Crippen LogP contribution in [0.4, 0.5) is 0 Å². The summed E-state index contributed by atoms with van der Waals surface area (Å²) < 4.78 is 0. The van der Waals surface area contributed by atoms with Gasteiger partial charge in [-0.3, -0.25) is 9.59 Å². The van der Waals surface area contributed by atoms with E-state index in [1.54, 1.807) is 11.9 Å². The summed E-state index contributed by atoms with van der Waals surface area (Å²) in [5.74, 6) is 0.213. The lowest BCUT2D eigenvalue weighted by atomic mass is 10.1. The maximum Gasteiger partial charge on any atom is 0.240 e. The molecule has 4 heteroatoms. The summed E-state index contributed by atoms with van der Waals surface area (Å²) >= 11 is 0. The molecule has 0 radical (unpaired) electrons. The minimum Gasteiger partial charge on any atom is -0.350 e. The molecule has 0 aromatic carbocycles. The Kier molecular flexibility index (Phi) is 4.91. The van der Waals surface area contributed by atoms with Gasteiger partial charge < -0.3 is 10.2 Å². The van der Waals surface area contributed by atoms with Crippen molar-refractivity contribution in [3.63, 3.8) is 0 Å². The van der Waals surface area contributed by atoms with E-state index in [-0.39, 0.29) is 41.1 Å². The van der Waals surface area contributed by atoms with Gasteiger partial charge in [-0.15, -0.1) is 0 Å². The Balaban J connectivity index is 2.64. The molecule has 0 aliphatic heterocycles. The monoisotopic (exact) mass is 294 g/mol. The number of nitrogens with one attached hydrogen (secondary N) is 1. The van der Waals surface area contributed by atoms with E-state index in [1.165, 1.54) is 5.57 Å². The molecular weight excluding hydrogens is 264 g/mol. The Bertz CT molecular complexity index is 454. The van der Waals surface area contributed by atoms with Crippen LogP contribution in [-0.2, 0) is 9.59 Å². The van der Waals surface area contributed by atoms with Gasteiger partial charge in [-0.2, -0.15) is 0 Å². The molecule has 1 rings (SSSR count). The summed E-state index contributed by atoms with van der Waals surface area (Å²) in [4.78, 5) is 26.0. The molecule has 2 amide bonds. The number of carbonyl (C=O) groups is 2. The van der Waals surface area contributed by atoms with Crippen molar-refractivity contribution in [3.05, 3.63) is 11.6 Å². The molecule has 0 aromatic rings. The molecule has 21 heavy (non-hydrogen) atoms. The van der Waals surface area contributed by atoms with E-state index in [4.69, 9.17) is 0 Å². The van der Waals surface area contributed by atoms with Gasteiger partial charge in [0.15, 0.2) is 0 Å². The first-order valence-electron chi connectivity index (χ1n) is 7.57. The summed E-state index contributed by atoms with van der Waals surface area (Å²) in [6.07, 6.45) is 2.17. The quantitative estimate of drug-likeness (QED) is 0.810. The maximum atomic E-state index is 12.5. The molecule has 1 aliphatic rings. The summed E-state index contributed by atoms with van der Waals surface area (Å²) in [6, 6.07) is 0. The second-order valence-corrected chi connectivity index (χ2v) is 8.06. The number of hydrogen-bond donors (Lipinski definition) is 1. The SMILES string of the molecule is CC(C)=C[C@@H]1[C@@H](C(=O)N(C)CC(=O)NC(C)(C)C)C1(C)C. The summed E-state index contributed by atoms with van der Waals surface area (Å²) in [7, 11) is 1.71. The van der Waals surface area contributed by atoms with Gasteiger partial charge in [0.25, 0.3) is 0 Å². The normalized spacial score (nSPS) is 23.2. The van der Waals surface area contributed by atoms with Crippen molar-refractivity contribution in [2.75, 3.05) is 13.6 Å². The van der Waals surface area contributed by atoms with Crippen LogP contribution in [0.3, 0.4) is 0 Å². The van der Waals surface area contributed by atoms with E-state index >= 15 is 0 Å². The van der Waals surface area contributed by atoms with Crippen LogP contribution in [0.5, 0.6) is 0 Å². The van der Waals surface area contributed by atoms with Crippen LogP contribution < -0.4 is 5.32 Å². The zero-order valence-corrected chi connectivity index (χ0v) is 14.7. The Morgan fingerprint density at radius 3 is 2.19 bits per heavy atom. The van der Waals surface area contributed by atoms with Gasteiger partial charge >= 0.3 is 0 Å². The van der Waals surface area contributed by atoms with Crippen molar-refractivity contribution in [3.8, 4) is 0 Å². The van der Waals surface area contributed by atoms with E-state index in [0.29, 0.717) is 0 Å². The standard InChI is InChI=1S/C17H30N2O2/c1-11(2)9-12-14(17(12,6)7)15(21)19(8)10-13(20)18-16(3,4)5/h9,12,14H,10H2,1-8H3,(H,18,20)/t12-,14+/m1/s1. The number of likely N-dealkylation sites (N-methyl/N-ethyl adjacent to an activating group) is 1. The minimum atomic E-state index is -0.273. The fourth-order valence-corrected chi connectivity index (χ4v) is 2.81. The van der Waals surface area contributed by atoms with Gasteiger partial charge in [-0.25, -0.2) is 0 Å². The van der Waals surface area contributed by atoms with E-state index in [9.17, 15) is 9.59 Å². The van der Waals surface area contributed by atoms with Crippen molar-refractivity contribution in [1.29, 1.82) is 0 Å². The molecule has 0 aromatic heterocycles. The van der Waals surface area contributed by atoms with Crippen LogP contribution in [0.15, 0.2) is 11.6 Å². The molecule has 4 nitrogen and oxygen atoms in total. The molecule has 1 N–H and O–H groups in total. The third-order valence-electron chi connectivity index (χ3n) is 3.96. The van der Waals surface area contributed by atoms with Crippen molar-refractivity contribution >= 4 is 11.8 Å². The first-order chi connectivity index (χ1) is 9.36. The molecule has 1 aliphatic carbocycles. The van der Waals surface area contributed by atoms with Crippen LogP contribution in [0.2, 0.25) is 0 Å². The maximum absolute atomic E-state index is 12.5. The van der Waals surface area contributed by atoms with Gasteiger partial charge in [-0.05, 0) is 46.0 Å². The Morgan fingerprint density at radius 2 is 1.76 bits per heavy atom. The second-order valence-electron chi connectivity index (χ2n) is 8.06. The fourth-order valence-electron chi connectivity index (χ4n) is 2.81. The van der Waals surface area contributed by atoms with Crippen molar-refractivity contribution in [2.24, 2.45) is 17.3 Å². The molecule has 2 atom stereocenters. The Labute approximate surface area is 129 Å². The van der Waals surface area contributed by atoms with Gasteiger partial charge in [0, 0.05) is 12.6 Å². The second kappa shape index (κ2) is 5.82. The molecular formula is C17H30N2O2. The highest BCUT2D eigenvalue weighted by atomic mass is 16.2. The molecule has 0 bridgehead atoms. The molecule has 0 spiro atoms. The van der Waals surface area contributed by atoms with Crippen LogP contribution in [-0.4, -0.2) is 35.8 Å². The number of hydrogen-bond acceptors (Lipinski definition) is 2. The Hall–Kier alpha value is -1.32. The predicted molar refractivity (Wildman–Crippen MR) is 85.7 cm³/mol. The number of rotatable bonds is 4. The third-order valence-corrected chi connectivity index (χ3v) is 3.96. The molecule has 1 saturated carbocycles. The highest BCUT2D eigenvalue weighted by Gasteiger charge is 2.61. The van der Waals surface area contributed by atoms with Gasteiger partial charge in [0.2, 0.25) is 11.8 Å². The molecule has 1 fully saturated rings. The highest BCUT2D eigenvalue weighted by molar-refractivity contribution is 5.88. The summed E-state index contributed by atoms with van der Waals surface area (Å²) in [5, 5.41) is 2.88. The van der Waals surface area contributed by atoms with E-state index in [1.807, 2.05) is 20.8 Å². The number of amides is 2. The average molecular weight is 294 g/mol. The largest absolute Gasteiger partial charge is 0.350 e. The van der Waals surface area contributed by atoms with Crippen LogP contribution >= 0.6 is 0 Å². The van der Waals surface area contributed by atoms with Crippen molar-refractivity contribution in [1.82, 2.24) is 10.2 Å². The lowest BCUT2D eigenvalue weighted by molar-refractivity contribution is -0.136. The van der Waals surface area contributed by atoms with Crippen LogP contribution in [0, 0.1) is 17.3 Å². The van der Waals surface area contributed by atoms with E-state index in [2.05, 4.69) is 39.1 Å². The number of nitrogens with zero attached hydrogens (tertiary/aromatic N) is 1. The van der Waals surface area contributed by atoms with Gasteiger partial charge in [0.1, 0.15) is 0 Å². The first kappa shape index (κ1) is 17.7. The zero-order chi connectivity index (χ0) is 16.6. The lowest BCUT2D eigenvalue weighted by Crippen LogP contribution is -2.46. The third kappa shape index (κ3) is 4.58. The summed E-state index contributed by atoms with van der Waals surface area (Å²) in [5.41, 5.74) is 0.949. The van der Waals surface area contributed by atoms with Gasteiger partial charge in [-0.1, -0.05) is 25.5 Å². The van der Waals surface area contributed by atoms with Crippen molar-refractivity contribution < 1.29 is 9.59 Å². The molecule has 0 heterocycles. The van der Waals surface area contributed by atoms with Crippen LogP contribution in [0.1, 0.15) is 48.5 Å².